The number of para-hydroxylation sites is 1. The molecule has 2 aromatic carbocycles. The van der Waals surface area contributed by atoms with Crippen LogP contribution in [0.15, 0.2) is 69.2 Å². The van der Waals surface area contributed by atoms with E-state index in [2.05, 4.69) is 31.2 Å². The van der Waals surface area contributed by atoms with E-state index >= 15 is 0 Å². The van der Waals surface area contributed by atoms with Crippen LogP contribution < -0.4 is 10.9 Å². The fourth-order valence-electron chi connectivity index (χ4n) is 3.11. The number of benzene rings is 2. The van der Waals surface area contributed by atoms with Gasteiger partial charge in [-0.2, -0.15) is 0 Å². The van der Waals surface area contributed by atoms with Crippen LogP contribution in [0.2, 0.25) is 0 Å². The summed E-state index contributed by atoms with van der Waals surface area (Å²) in [4.78, 5) is 46.6. The number of fused-ring (bicyclic) bond motifs is 1. The zero-order chi connectivity index (χ0) is 22.0. The lowest BCUT2D eigenvalue weighted by molar-refractivity contribution is 0.0782. The summed E-state index contributed by atoms with van der Waals surface area (Å²) in [6, 6.07) is 15.6. The van der Waals surface area contributed by atoms with E-state index in [1.54, 1.807) is 61.0 Å². The smallest absolute Gasteiger partial charge is 0.268 e. The lowest BCUT2D eigenvalue weighted by Crippen LogP contribution is -2.29. The summed E-state index contributed by atoms with van der Waals surface area (Å²) in [5.74, 6) is -0.248. The summed E-state index contributed by atoms with van der Waals surface area (Å²) >= 11 is 4.69. The van der Waals surface area contributed by atoms with Gasteiger partial charge in [-0.25, -0.2) is 4.98 Å². The minimum atomic E-state index is -0.329. The van der Waals surface area contributed by atoms with Crippen molar-refractivity contribution in [3.05, 3.63) is 91.8 Å². The summed E-state index contributed by atoms with van der Waals surface area (Å²) in [6.45, 7) is 0.117. The number of nitrogens with one attached hydrogen (secondary N) is 2. The molecule has 0 unspecified atom stereocenters. The van der Waals surface area contributed by atoms with E-state index in [4.69, 9.17) is 0 Å². The first kappa shape index (κ1) is 21.0. The standard InChI is InChI=1S/C22H17BrN4O3S/c1-27(12-18-24-17-10-11-31-19(17)21(29)26-18)22(30)14-7-3-5-9-16(14)25-20(28)13-6-2-4-8-15(13)23/h2-11H,12H2,1H3,(H,25,28)(H,24,26,29). The molecule has 0 saturated heterocycles. The van der Waals surface area contributed by atoms with E-state index < -0.39 is 0 Å². The van der Waals surface area contributed by atoms with E-state index in [9.17, 15) is 14.4 Å². The maximum atomic E-state index is 13.1. The molecule has 7 nitrogen and oxygen atoms in total. The Morgan fingerprint density at radius 2 is 1.81 bits per heavy atom. The van der Waals surface area contributed by atoms with Crippen LogP contribution in [0, 0.1) is 0 Å². The van der Waals surface area contributed by atoms with E-state index in [-0.39, 0.29) is 23.9 Å². The Labute approximate surface area is 189 Å². The number of anilines is 1. The highest BCUT2D eigenvalue weighted by molar-refractivity contribution is 9.10. The molecule has 2 aromatic heterocycles. The largest absolute Gasteiger partial charge is 0.334 e. The van der Waals surface area contributed by atoms with Crippen molar-refractivity contribution in [2.45, 2.75) is 6.54 Å². The second-order valence-corrected chi connectivity index (χ2v) is 8.56. The van der Waals surface area contributed by atoms with Gasteiger partial charge in [0.2, 0.25) is 0 Å². The molecule has 0 spiro atoms. The first-order chi connectivity index (χ1) is 14.9. The number of aromatic amines is 1. The lowest BCUT2D eigenvalue weighted by atomic mass is 10.1. The highest BCUT2D eigenvalue weighted by Crippen LogP contribution is 2.22. The Balaban J connectivity index is 1.56. The van der Waals surface area contributed by atoms with Crippen LogP contribution in [0.5, 0.6) is 0 Å². The summed E-state index contributed by atoms with van der Waals surface area (Å²) in [7, 11) is 1.62. The van der Waals surface area contributed by atoms with Gasteiger partial charge in [0.1, 0.15) is 10.5 Å². The molecule has 0 aliphatic carbocycles. The maximum Gasteiger partial charge on any atom is 0.268 e. The van der Waals surface area contributed by atoms with Crippen molar-refractivity contribution in [1.82, 2.24) is 14.9 Å². The van der Waals surface area contributed by atoms with Gasteiger partial charge in [-0.1, -0.05) is 24.3 Å². The van der Waals surface area contributed by atoms with E-state index in [1.807, 2.05) is 6.07 Å². The van der Waals surface area contributed by atoms with Gasteiger partial charge in [-0.15, -0.1) is 11.3 Å². The number of H-pyrrole nitrogens is 1. The maximum absolute atomic E-state index is 13.1. The zero-order valence-corrected chi connectivity index (χ0v) is 18.8. The van der Waals surface area contributed by atoms with Gasteiger partial charge in [-0.05, 0) is 51.6 Å². The zero-order valence-electron chi connectivity index (χ0n) is 16.4. The van der Waals surface area contributed by atoms with Crippen molar-refractivity contribution in [1.29, 1.82) is 0 Å². The quantitative estimate of drug-likeness (QED) is 0.431. The third-order valence-electron chi connectivity index (χ3n) is 4.62. The first-order valence-corrected chi connectivity index (χ1v) is 11.0. The minimum Gasteiger partial charge on any atom is -0.334 e. The molecular formula is C22H17BrN4O3S. The summed E-state index contributed by atoms with van der Waals surface area (Å²) in [6.07, 6.45) is 0. The molecule has 0 fully saturated rings. The molecule has 2 N–H and O–H groups in total. The molecule has 0 saturated carbocycles. The van der Waals surface area contributed by atoms with Gasteiger partial charge in [0.05, 0.1) is 28.9 Å². The van der Waals surface area contributed by atoms with Crippen molar-refractivity contribution >= 4 is 55.0 Å². The second kappa shape index (κ2) is 8.83. The average Bonchev–Trinajstić information content (AvgIpc) is 3.23. The van der Waals surface area contributed by atoms with E-state index in [1.165, 1.54) is 16.2 Å². The summed E-state index contributed by atoms with van der Waals surface area (Å²) in [5, 5.41) is 4.61. The van der Waals surface area contributed by atoms with Gasteiger partial charge in [0.15, 0.2) is 0 Å². The molecule has 2 heterocycles. The van der Waals surface area contributed by atoms with Gasteiger partial charge in [-0.3, -0.25) is 14.4 Å². The Morgan fingerprint density at radius 3 is 2.58 bits per heavy atom. The summed E-state index contributed by atoms with van der Waals surface area (Å²) in [5.41, 5.74) is 1.57. The number of aromatic nitrogens is 2. The number of carbonyl (C=O) groups is 2. The number of thiophene rings is 1. The van der Waals surface area contributed by atoms with Gasteiger partial charge < -0.3 is 15.2 Å². The van der Waals surface area contributed by atoms with E-state index in [0.717, 1.165) is 0 Å². The van der Waals surface area contributed by atoms with Gasteiger partial charge in [0.25, 0.3) is 17.4 Å². The third kappa shape index (κ3) is 4.42. The van der Waals surface area contributed by atoms with Crippen LogP contribution in [-0.4, -0.2) is 33.7 Å². The number of carbonyl (C=O) groups excluding carboxylic acids is 2. The van der Waals surface area contributed by atoms with Crippen molar-refractivity contribution in [3.63, 3.8) is 0 Å². The lowest BCUT2D eigenvalue weighted by Gasteiger charge is -2.19. The van der Waals surface area contributed by atoms with Crippen LogP contribution in [-0.2, 0) is 6.54 Å². The molecule has 4 aromatic rings. The van der Waals surface area contributed by atoms with E-state index in [0.29, 0.717) is 37.3 Å². The average molecular weight is 497 g/mol. The monoisotopic (exact) mass is 496 g/mol. The van der Waals surface area contributed by atoms with Crippen LogP contribution in [0.1, 0.15) is 26.5 Å². The van der Waals surface area contributed by atoms with Crippen LogP contribution in [0.3, 0.4) is 0 Å². The fourth-order valence-corrected chi connectivity index (χ4v) is 4.30. The molecule has 0 aliphatic heterocycles. The molecule has 0 aliphatic rings. The molecule has 156 valence electrons. The number of hydrogen-bond acceptors (Lipinski definition) is 5. The van der Waals surface area contributed by atoms with Crippen LogP contribution in [0.25, 0.3) is 10.2 Å². The number of nitrogens with zero attached hydrogens (tertiary/aromatic N) is 2. The highest BCUT2D eigenvalue weighted by Gasteiger charge is 2.19. The van der Waals surface area contributed by atoms with Crippen molar-refractivity contribution in [2.75, 3.05) is 12.4 Å². The van der Waals surface area contributed by atoms with Crippen molar-refractivity contribution < 1.29 is 9.59 Å². The molecular weight excluding hydrogens is 480 g/mol. The predicted molar refractivity (Wildman–Crippen MR) is 125 cm³/mol. The Bertz CT molecular complexity index is 1350. The molecule has 31 heavy (non-hydrogen) atoms. The molecule has 4 rings (SSSR count). The molecule has 9 heteroatoms. The Morgan fingerprint density at radius 1 is 1.10 bits per heavy atom. The highest BCUT2D eigenvalue weighted by atomic mass is 79.9. The minimum absolute atomic E-state index is 0.117. The second-order valence-electron chi connectivity index (χ2n) is 6.79. The van der Waals surface area contributed by atoms with Crippen LogP contribution >= 0.6 is 27.3 Å². The molecule has 0 bridgehead atoms. The number of rotatable bonds is 5. The van der Waals surface area contributed by atoms with Crippen molar-refractivity contribution in [3.8, 4) is 0 Å². The molecule has 0 radical (unpaired) electrons. The van der Waals surface area contributed by atoms with Crippen LogP contribution in [0.4, 0.5) is 5.69 Å². The fraction of sp³-hybridized carbons (Fsp3) is 0.0909. The number of hydrogen-bond donors (Lipinski definition) is 2. The molecule has 2 amide bonds. The molecule has 0 atom stereocenters. The topological polar surface area (TPSA) is 95.2 Å². The number of amides is 2. The van der Waals surface area contributed by atoms with Gasteiger partial charge >= 0.3 is 0 Å². The van der Waals surface area contributed by atoms with Gasteiger partial charge in [0, 0.05) is 11.5 Å². The Hall–Kier alpha value is -3.30. The number of halogens is 1. The normalized spacial score (nSPS) is 10.8. The third-order valence-corrected chi connectivity index (χ3v) is 6.22. The summed E-state index contributed by atoms with van der Waals surface area (Å²) < 4.78 is 1.21. The van der Waals surface area contributed by atoms with Crippen molar-refractivity contribution in [2.24, 2.45) is 0 Å². The SMILES string of the molecule is CN(Cc1nc2ccsc2c(=O)[nH]1)C(=O)c1ccccc1NC(=O)c1ccccc1Br. The predicted octanol–water partition coefficient (Wildman–Crippen LogP) is 4.27. The Kier molecular flexibility index (Phi) is 5.97. The first-order valence-electron chi connectivity index (χ1n) is 9.31.